The lowest BCUT2D eigenvalue weighted by atomic mass is 10.0. The van der Waals surface area contributed by atoms with Gasteiger partial charge in [0.1, 0.15) is 17.4 Å². The third-order valence-electron chi connectivity index (χ3n) is 6.04. The van der Waals surface area contributed by atoms with E-state index in [0.717, 1.165) is 0 Å². The van der Waals surface area contributed by atoms with Crippen molar-refractivity contribution >= 4 is 29.3 Å². The summed E-state index contributed by atoms with van der Waals surface area (Å²) < 4.78 is 34.3. The van der Waals surface area contributed by atoms with Crippen molar-refractivity contribution in [3.05, 3.63) is 95.1 Å². The van der Waals surface area contributed by atoms with Gasteiger partial charge in [-0.15, -0.1) is 11.8 Å². The third kappa shape index (κ3) is 3.28. The summed E-state index contributed by atoms with van der Waals surface area (Å²) in [5.41, 5.74) is 1.42. The van der Waals surface area contributed by atoms with Crippen LogP contribution in [-0.4, -0.2) is 36.1 Å². The van der Waals surface area contributed by atoms with E-state index in [-0.39, 0.29) is 24.6 Å². The Hall–Kier alpha value is -3.39. The van der Waals surface area contributed by atoms with Crippen molar-refractivity contribution in [1.82, 2.24) is 4.90 Å². The first-order valence-electron chi connectivity index (χ1n) is 10.4. The number of rotatable bonds is 4. The summed E-state index contributed by atoms with van der Waals surface area (Å²) in [4.78, 5) is 29.0. The van der Waals surface area contributed by atoms with Gasteiger partial charge in [0.25, 0.3) is 11.8 Å². The van der Waals surface area contributed by atoms with Crippen LogP contribution in [0.3, 0.4) is 0 Å². The first-order valence-corrected chi connectivity index (χ1v) is 11.4. The van der Waals surface area contributed by atoms with Gasteiger partial charge in [-0.1, -0.05) is 30.3 Å². The predicted molar refractivity (Wildman–Crippen MR) is 122 cm³/mol. The minimum Gasteiger partial charge on any atom is -0.497 e. The Balaban J connectivity index is 1.64. The summed E-state index contributed by atoms with van der Waals surface area (Å²) in [6.45, 7) is 0.280. The molecule has 0 aromatic heterocycles. The number of thioether (sulfide) groups is 1. The maximum absolute atomic E-state index is 14.5. The number of carbonyl (C=O) groups excluding carboxylic acids is 2. The number of anilines is 1. The molecule has 0 radical (unpaired) electrons. The highest BCUT2D eigenvalue weighted by Crippen LogP contribution is 2.55. The minimum atomic E-state index is -1.38. The zero-order chi connectivity index (χ0) is 23.2. The van der Waals surface area contributed by atoms with E-state index in [9.17, 15) is 18.4 Å². The van der Waals surface area contributed by atoms with Gasteiger partial charge in [0.15, 0.2) is 4.87 Å². The van der Waals surface area contributed by atoms with Crippen LogP contribution in [0.4, 0.5) is 14.5 Å². The van der Waals surface area contributed by atoms with E-state index in [2.05, 4.69) is 0 Å². The summed E-state index contributed by atoms with van der Waals surface area (Å²) in [7, 11) is 1.52. The van der Waals surface area contributed by atoms with Crippen LogP contribution < -0.4 is 9.64 Å². The van der Waals surface area contributed by atoms with E-state index in [1.54, 1.807) is 42.5 Å². The van der Waals surface area contributed by atoms with Crippen LogP contribution in [-0.2, 0) is 16.2 Å². The number of halogens is 2. The second-order valence-electron chi connectivity index (χ2n) is 7.79. The van der Waals surface area contributed by atoms with Crippen LogP contribution in [0.15, 0.2) is 66.7 Å². The number of carbonyl (C=O) groups is 2. The van der Waals surface area contributed by atoms with E-state index in [1.165, 1.54) is 52.9 Å². The van der Waals surface area contributed by atoms with Gasteiger partial charge in [-0.05, 0) is 36.4 Å². The molecule has 0 N–H and O–H groups in total. The third-order valence-corrected chi connectivity index (χ3v) is 7.46. The largest absolute Gasteiger partial charge is 0.497 e. The number of hydrogen-bond donors (Lipinski definition) is 0. The smallest absolute Gasteiger partial charge is 0.268 e. The molecule has 1 fully saturated rings. The van der Waals surface area contributed by atoms with Gasteiger partial charge in [0.2, 0.25) is 0 Å². The average Bonchev–Trinajstić information content (AvgIpc) is 3.37. The Morgan fingerprint density at radius 3 is 2.52 bits per heavy atom. The van der Waals surface area contributed by atoms with Gasteiger partial charge in [0, 0.05) is 23.4 Å². The molecule has 0 aliphatic carbocycles. The molecule has 2 amide bonds. The second kappa shape index (κ2) is 8.19. The fourth-order valence-electron chi connectivity index (χ4n) is 4.46. The number of methoxy groups -OCH3 is 1. The molecule has 5 rings (SSSR count). The molecule has 3 aromatic rings. The van der Waals surface area contributed by atoms with Crippen molar-refractivity contribution in [2.24, 2.45) is 0 Å². The van der Waals surface area contributed by atoms with E-state index in [1.807, 2.05) is 0 Å². The quantitative estimate of drug-likeness (QED) is 0.566. The van der Waals surface area contributed by atoms with Crippen LogP contribution in [0.25, 0.3) is 0 Å². The monoisotopic (exact) mass is 466 g/mol. The molecule has 0 saturated carbocycles. The van der Waals surface area contributed by atoms with Crippen LogP contribution in [0.1, 0.15) is 21.5 Å². The SMILES string of the molecule is COc1ccc2c(c1)C1(SCCN1C(=O)c1ccccc1F)C(=O)N2Cc1ccccc1F. The first kappa shape index (κ1) is 21.5. The molecular formula is C25H20F2N2O3S. The van der Waals surface area contributed by atoms with Crippen LogP contribution in [0.2, 0.25) is 0 Å². The molecule has 168 valence electrons. The zero-order valence-electron chi connectivity index (χ0n) is 17.8. The van der Waals surface area contributed by atoms with Gasteiger partial charge in [-0.3, -0.25) is 9.59 Å². The Morgan fingerprint density at radius 1 is 1.06 bits per heavy atom. The zero-order valence-corrected chi connectivity index (χ0v) is 18.6. The van der Waals surface area contributed by atoms with Gasteiger partial charge in [-0.2, -0.15) is 0 Å². The lowest BCUT2D eigenvalue weighted by Gasteiger charge is -2.33. The Morgan fingerprint density at radius 2 is 1.79 bits per heavy atom. The van der Waals surface area contributed by atoms with Crippen molar-refractivity contribution in [2.75, 3.05) is 24.3 Å². The molecule has 1 unspecified atom stereocenters. The second-order valence-corrected chi connectivity index (χ2v) is 9.08. The number of benzene rings is 3. The summed E-state index contributed by atoms with van der Waals surface area (Å²) >= 11 is 1.32. The molecule has 5 nitrogen and oxygen atoms in total. The number of amides is 2. The molecule has 2 aliphatic heterocycles. The average molecular weight is 467 g/mol. The lowest BCUT2D eigenvalue weighted by Crippen LogP contribution is -2.50. The molecule has 1 atom stereocenters. The Bertz CT molecular complexity index is 1270. The van der Waals surface area contributed by atoms with Gasteiger partial charge < -0.3 is 14.5 Å². The lowest BCUT2D eigenvalue weighted by molar-refractivity contribution is -0.123. The highest BCUT2D eigenvalue weighted by atomic mass is 32.2. The normalized spacial score (nSPS) is 19.3. The highest BCUT2D eigenvalue weighted by Gasteiger charge is 2.59. The molecule has 3 aromatic carbocycles. The molecule has 2 heterocycles. The molecule has 0 bridgehead atoms. The number of nitrogens with zero attached hydrogens (tertiary/aromatic N) is 2. The van der Waals surface area contributed by atoms with Crippen LogP contribution in [0.5, 0.6) is 5.75 Å². The Labute approximate surface area is 193 Å². The molecular weight excluding hydrogens is 446 g/mol. The summed E-state index contributed by atoms with van der Waals surface area (Å²) in [5.74, 6) is -0.960. The van der Waals surface area contributed by atoms with Gasteiger partial charge in [0.05, 0.1) is 24.9 Å². The van der Waals surface area contributed by atoms with E-state index < -0.39 is 22.4 Å². The molecule has 33 heavy (non-hydrogen) atoms. The molecule has 1 saturated heterocycles. The highest BCUT2D eigenvalue weighted by molar-refractivity contribution is 8.01. The standard InChI is InChI=1S/C25H20F2N2O3S/c1-32-17-10-11-22-19(14-17)25(24(31)28(22)15-16-6-2-4-8-20(16)26)29(12-13-33-25)23(30)18-7-3-5-9-21(18)27/h2-11,14H,12-13,15H2,1H3. The molecule has 1 spiro atoms. The maximum atomic E-state index is 14.5. The Kier molecular flexibility index (Phi) is 5.32. The van der Waals surface area contributed by atoms with Gasteiger partial charge in [-0.25, -0.2) is 8.78 Å². The summed E-state index contributed by atoms with van der Waals surface area (Å²) in [6, 6.07) is 17.2. The number of ether oxygens (including phenoxy) is 1. The fourth-order valence-corrected chi connectivity index (χ4v) is 5.91. The number of fused-ring (bicyclic) bond motifs is 2. The van der Waals surface area contributed by atoms with E-state index >= 15 is 0 Å². The summed E-state index contributed by atoms with van der Waals surface area (Å²) in [6.07, 6.45) is 0. The topological polar surface area (TPSA) is 49.9 Å². The van der Waals surface area contributed by atoms with E-state index in [0.29, 0.717) is 28.3 Å². The summed E-state index contributed by atoms with van der Waals surface area (Å²) in [5, 5.41) is 0. The molecule has 8 heteroatoms. The van der Waals surface area contributed by atoms with E-state index in [4.69, 9.17) is 4.74 Å². The minimum absolute atomic E-state index is 0.00880. The molecule has 2 aliphatic rings. The van der Waals surface area contributed by atoms with Crippen LogP contribution >= 0.6 is 11.8 Å². The van der Waals surface area contributed by atoms with Crippen molar-refractivity contribution in [3.63, 3.8) is 0 Å². The van der Waals surface area contributed by atoms with Gasteiger partial charge >= 0.3 is 0 Å². The van der Waals surface area contributed by atoms with Crippen molar-refractivity contribution in [2.45, 2.75) is 11.4 Å². The fraction of sp³-hybridized carbons (Fsp3) is 0.200. The van der Waals surface area contributed by atoms with Crippen molar-refractivity contribution in [1.29, 1.82) is 0 Å². The maximum Gasteiger partial charge on any atom is 0.268 e. The van der Waals surface area contributed by atoms with Crippen LogP contribution in [0, 0.1) is 11.6 Å². The predicted octanol–water partition coefficient (Wildman–Crippen LogP) is 4.56. The number of hydrogen-bond acceptors (Lipinski definition) is 4. The first-order chi connectivity index (χ1) is 16.0. The van der Waals surface area contributed by atoms with Crippen molar-refractivity contribution in [3.8, 4) is 5.75 Å². The van der Waals surface area contributed by atoms with Crippen molar-refractivity contribution < 1.29 is 23.1 Å².